The molecular weight excluding hydrogens is 176 g/mol. The molecule has 0 bridgehead atoms. The van der Waals surface area contributed by atoms with E-state index in [9.17, 15) is 0 Å². The second-order valence-electron chi connectivity index (χ2n) is 4.95. The summed E-state index contributed by atoms with van der Waals surface area (Å²) in [6.45, 7) is 10.1. The Morgan fingerprint density at radius 3 is 2.00 bits per heavy atom. The van der Waals surface area contributed by atoms with E-state index in [4.69, 9.17) is 5.73 Å². The molecule has 0 radical (unpaired) electrons. The summed E-state index contributed by atoms with van der Waals surface area (Å²) in [5.74, 6) is 1.72. The van der Waals surface area contributed by atoms with Gasteiger partial charge in [0.1, 0.15) is 11.6 Å². The molecule has 80 valence electrons. The summed E-state index contributed by atoms with van der Waals surface area (Å²) in [7, 11) is 1.91. The van der Waals surface area contributed by atoms with Crippen LogP contribution in [0.15, 0.2) is 0 Å². The fraction of sp³-hybridized carbons (Fsp3) is 0.800. The van der Waals surface area contributed by atoms with Crippen molar-refractivity contribution in [1.29, 1.82) is 0 Å². The van der Waals surface area contributed by atoms with Gasteiger partial charge in [0.05, 0.1) is 0 Å². The molecule has 0 aliphatic rings. The molecule has 1 aromatic rings. The molecule has 0 unspecified atom stereocenters. The smallest absolute Gasteiger partial charge is 0.147 e. The van der Waals surface area contributed by atoms with Crippen LogP contribution in [-0.2, 0) is 12.5 Å². The fourth-order valence-electron chi connectivity index (χ4n) is 1.34. The highest BCUT2D eigenvalue weighted by molar-refractivity contribution is 5.14. The number of hydrogen-bond donors (Lipinski definition) is 1. The Morgan fingerprint density at radius 2 is 1.71 bits per heavy atom. The van der Waals surface area contributed by atoms with Crippen molar-refractivity contribution in [3.05, 3.63) is 11.6 Å². The van der Waals surface area contributed by atoms with Crippen LogP contribution in [0.5, 0.6) is 0 Å². The van der Waals surface area contributed by atoms with Crippen LogP contribution in [0, 0.1) is 6.92 Å². The third-order valence-corrected chi connectivity index (χ3v) is 3.04. The lowest BCUT2D eigenvalue weighted by Gasteiger charge is -2.37. The van der Waals surface area contributed by atoms with Crippen molar-refractivity contribution < 1.29 is 0 Å². The summed E-state index contributed by atoms with van der Waals surface area (Å²) in [5, 5.41) is 4.24. The van der Waals surface area contributed by atoms with Gasteiger partial charge in [-0.1, -0.05) is 13.8 Å². The van der Waals surface area contributed by atoms with E-state index in [2.05, 4.69) is 23.9 Å². The van der Waals surface area contributed by atoms with Gasteiger partial charge in [-0.05, 0) is 20.8 Å². The van der Waals surface area contributed by atoms with Crippen LogP contribution in [0.25, 0.3) is 0 Å². The summed E-state index contributed by atoms with van der Waals surface area (Å²) in [6.07, 6.45) is 0. The van der Waals surface area contributed by atoms with Crippen LogP contribution >= 0.6 is 0 Å². The van der Waals surface area contributed by atoms with E-state index in [0.717, 1.165) is 11.6 Å². The molecule has 0 saturated carbocycles. The SMILES string of the molecule is Cc1nc(C(C)(C)C(C)(C)N)n(C)n1. The number of aromatic nitrogens is 3. The first kappa shape index (κ1) is 11.2. The van der Waals surface area contributed by atoms with E-state index in [0.29, 0.717) is 0 Å². The quantitative estimate of drug-likeness (QED) is 0.771. The molecule has 0 aliphatic carbocycles. The highest BCUT2D eigenvalue weighted by Gasteiger charge is 2.38. The fourth-order valence-corrected chi connectivity index (χ4v) is 1.34. The predicted octanol–water partition coefficient (Wildman–Crippen LogP) is 1.14. The van der Waals surface area contributed by atoms with Crippen molar-refractivity contribution in [1.82, 2.24) is 14.8 Å². The number of aryl methyl sites for hydroxylation is 2. The molecule has 0 aromatic carbocycles. The van der Waals surface area contributed by atoms with Crippen LogP contribution < -0.4 is 5.73 Å². The van der Waals surface area contributed by atoms with Gasteiger partial charge in [0.2, 0.25) is 0 Å². The van der Waals surface area contributed by atoms with Crippen molar-refractivity contribution in [2.45, 2.75) is 45.6 Å². The van der Waals surface area contributed by atoms with Gasteiger partial charge in [-0.25, -0.2) is 4.98 Å². The van der Waals surface area contributed by atoms with E-state index < -0.39 is 0 Å². The molecule has 2 N–H and O–H groups in total. The Bertz CT molecular complexity index is 330. The van der Waals surface area contributed by atoms with E-state index in [1.54, 1.807) is 0 Å². The van der Waals surface area contributed by atoms with Gasteiger partial charge < -0.3 is 5.73 Å². The molecule has 1 rings (SSSR count). The lowest BCUT2D eigenvalue weighted by molar-refractivity contribution is 0.282. The first-order chi connectivity index (χ1) is 6.16. The second-order valence-corrected chi connectivity index (χ2v) is 4.95. The zero-order chi connectivity index (χ0) is 11.1. The van der Waals surface area contributed by atoms with Gasteiger partial charge >= 0.3 is 0 Å². The molecule has 4 nitrogen and oxygen atoms in total. The molecule has 1 heterocycles. The van der Waals surface area contributed by atoms with Gasteiger partial charge in [-0.3, -0.25) is 4.68 Å². The summed E-state index contributed by atoms with van der Waals surface area (Å²) in [5.41, 5.74) is 5.63. The average Bonchev–Trinajstić information content (AvgIpc) is 2.27. The van der Waals surface area contributed by atoms with Crippen LogP contribution in [0.4, 0.5) is 0 Å². The first-order valence-corrected chi connectivity index (χ1v) is 4.83. The topological polar surface area (TPSA) is 56.7 Å². The Labute approximate surface area is 85.5 Å². The van der Waals surface area contributed by atoms with Crippen molar-refractivity contribution in [3.63, 3.8) is 0 Å². The first-order valence-electron chi connectivity index (χ1n) is 4.83. The van der Waals surface area contributed by atoms with Gasteiger partial charge in [0.15, 0.2) is 0 Å². The molecular formula is C10H20N4. The number of hydrogen-bond acceptors (Lipinski definition) is 3. The minimum absolute atomic E-state index is 0.191. The number of nitrogens with zero attached hydrogens (tertiary/aromatic N) is 3. The van der Waals surface area contributed by atoms with Gasteiger partial charge in [0.25, 0.3) is 0 Å². The summed E-state index contributed by atoms with van der Waals surface area (Å²) in [4.78, 5) is 4.42. The van der Waals surface area contributed by atoms with Crippen molar-refractivity contribution >= 4 is 0 Å². The minimum atomic E-state index is -0.319. The van der Waals surface area contributed by atoms with Gasteiger partial charge in [-0.15, -0.1) is 0 Å². The maximum Gasteiger partial charge on any atom is 0.147 e. The maximum atomic E-state index is 6.14. The minimum Gasteiger partial charge on any atom is -0.325 e. The summed E-state index contributed by atoms with van der Waals surface area (Å²) < 4.78 is 1.81. The molecule has 0 aliphatic heterocycles. The standard InChI is InChI=1S/C10H20N4/c1-7-12-8(14(6)13-7)9(2,3)10(4,5)11/h11H2,1-6H3. The maximum absolute atomic E-state index is 6.14. The predicted molar refractivity (Wildman–Crippen MR) is 57.0 cm³/mol. The molecule has 1 aromatic heterocycles. The monoisotopic (exact) mass is 196 g/mol. The Balaban J connectivity index is 3.22. The van der Waals surface area contributed by atoms with E-state index in [1.807, 2.05) is 32.5 Å². The molecule has 0 amide bonds. The lowest BCUT2D eigenvalue weighted by atomic mass is 9.74. The molecule has 14 heavy (non-hydrogen) atoms. The van der Waals surface area contributed by atoms with Crippen LogP contribution in [-0.4, -0.2) is 20.3 Å². The Hall–Kier alpha value is -0.900. The molecule has 0 fully saturated rings. The normalized spacial score (nSPS) is 13.4. The second kappa shape index (κ2) is 3.05. The molecule has 0 atom stereocenters. The van der Waals surface area contributed by atoms with E-state index >= 15 is 0 Å². The van der Waals surface area contributed by atoms with E-state index in [-0.39, 0.29) is 11.0 Å². The van der Waals surface area contributed by atoms with Crippen LogP contribution in [0.2, 0.25) is 0 Å². The largest absolute Gasteiger partial charge is 0.325 e. The third-order valence-electron chi connectivity index (χ3n) is 3.04. The molecule has 0 saturated heterocycles. The zero-order valence-corrected chi connectivity index (χ0v) is 9.92. The third kappa shape index (κ3) is 1.66. The van der Waals surface area contributed by atoms with Crippen LogP contribution in [0.3, 0.4) is 0 Å². The van der Waals surface area contributed by atoms with Crippen LogP contribution in [0.1, 0.15) is 39.3 Å². The van der Waals surface area contributed by atoms with E-state index in [1.165, 1.54) is 0 Å². The van der Waals surface area contributed by atoms with Crippen molar-refractivity contribution in [2.24, 2.45) is 12.8 Å². The van der Waals surface area contributed by atoms with Gasteiger partial charge in [-0.2, -0.15) is 5.10 Å². The molecule has 4 heteroatoms. The summed E-state index contributed by atoms with van der Waals surface area (Å²) in [6, 6.07) is 0. The average molecular weight is 196 g/mol. The summed E-state index contributed by atoms with van der Waals surface area (Å²) >= 11 is 0. The number of rotatable bonds is 2. The molecule has 0 spiro atoms. The Kier molecular flexibility index (Phi) is 2.44. The van der Waals surface area contributed by atoms with Gasteiger partial charge in [0, 0.05) is 18.0 Å². The lowest BCUT2D eigenvalue weighted by Crippen LogP contribution is -2.51. The van der Waals surface area contributed by atoms with Crippen molar-refractivity contribution in [3.8, 4) is 0 Å². The highest BCUT2D eigenvalue weighted by atomic mass is 15.3. The Morgan fingerprint density at radius 1 is 1.21 bits per heavy atom. The van der Waals surface area contributed by atoms with Crippen molar-refractivity contribution in [2.75, 3.05) is 0 Å². The number of nitrogens with two attached hydrogens (primary N) is 1. The highest BCUT2D eigenvalue weighted by Crippen LogP contribution is 2.31. The zero-order valence-electron chi connectivity index (χ0n) is 9.92.